The molecule has 0 fully saturated rings. The molecule has 14 heteroatoms. The van der Waals surface area contributed by atoms with E-state index in [1.165, 1.54) is 28.0 Å². The number of anilines is 3. The highest BCUT2D eigenvalue weighted by Gasteiger charge is 2.53. The van der Waals surface area contributed by atoms with Crippen molar-refractivity contribution in [3.8, 4) is 5.75 Å². The quantitative estimate of drug-likeness (QED) is 0.0421. The molecule has 0 aromatic heterocycles. The molecule has 59 heavy (non-hydrogen) atoms. The fourth-order valence-corrected chi connectivity index (χ4v) is 7.76. The highest BCUT2D eigenvalue weighted by atomic mass is 16.6. The van der Waals surface area contributed by atoms with Gasteiger partial charge in [-0.25, -0.2) is 0 Å². The number of amides is 3. The Kier molecular flexibility index (Phi) is 13.9. The number of aliphatic hydroxyl groups is 3. The van der Waals surface area contributed by atoms with E-state index in [2.05, 4.69) is 5.32 Å². The average molecular weight is 806 g/mol. The van der Waals surface area contributed by atoms with Gasteiger partial charge in [0.15, 0.2) is 5.60 Å². The smallest absolute Gasteiger partial charge is 0.269 e. The number of nitro benzene ring substituents is 1. The lowest BCUT2D eigenvalue weighted by Gasteiger charge is -2.35. The molecule has 310 valence electrons. The Morgan fingerprint density at radius 1 is 1.00 bits per heavy atom. The number of ether oxygens (including phenoxy) is 1. The van der Waals surface area contributed by atoms with Crippen LogP contribution in [0, 0.1) is 16.0 Å². The van der Waals surface area contributed by atoms with E-state index in [0.717, 1.165) is 11.1 Å². The molecule has 0 aliphatic carbocycles. The summed E-state index contributed by atoms with van der Waals surface area (Å²) in [6, 6.07) is 25.6. The number of carbonyl (C=O) groups excluding carboxylic acids is 3. The third-order valence-electron chi connectivity index (χ3n) is 10.8. The van der Waals surface area contributed by atoms with Crippen LogP contribution in [0.2, 0.25) is 0 Å². The van der Waals surface area contributed by atoms with Crippen LogP contribution in [0.1, 0.15) is 55.4 Å². The van der Waals surface area contributed by atoms with Crippen LogP contribution in [0.4, 0.5) is 22.7 Å². The fourth-order valence-electron chi connectivity index (χ4n) is 7.76. The third kappa shape index (κ3) is 9.36. The Morgan fingerprint density at radius 3 is 2.49 bits per heavy atom. The monoisotopic (exact) mass is 805 g/mol. The van der Waals surface area contributed by atoms with Gasteiger partial charge in [-0.05, 0) is 85.8 Å². The number of nitro groups is 1. The van der Waals surface area contributed by atoms with Crippen molar-refractivity contribution in [2.75, 3.05) is 42.7 Å². The predicted molar refractivity (Wildman–Crippen MR) is 223 cm³/mol. The van der Waals surface area contributed by atoms with E-state index in [-0.39, 0.29) is 55.8 Å². The highest BCUT2D eigenvalue weighted by molar-refractivity contribution is 6.08. The van der Waals surface area contributed by atoms with Gasteiger partial charge in [-0.3, -0.25) is 29.4 Å². The van der Waals surface area contributed by atoms with E-state index in [9.17, 15) is 39.8 Å². The zero-order valence-electron chi connectivity index (χ0n) is 33.3. The van der Waals surface area contributed by atoms with Crippen molar-refractivity contribution in [3.05, 3.63) is 136 Å². The van der Waals surface area contributed by atoms with Crippen LogP contribution < -0.4 is 19.9 Å². The molecule has 0 radical (unpaired) electrons. The molecule has 2 aliphatic heterocycles. The average Bonchev–Trinajstić information content (AvgIpc) is 3.44. The largest absolute Gasteiger partial charge is 0.494 e. The Hall–Kier alpha value is -5.93. The van der Waals surface area contributed by atoms with E-state index < -0.39 is 28.4 Å². The van der Waals surface area contributed by atoms with E-state index in [1.54, 1.807) is 36.1 Å². The molecule has 0 spiro atoms. The minimum Gasteiger partial charge on any atom is -0.494 e. The highest BCUT2D eigenvalue weighted by Crippen LogP contribution is 2.47. The van der Waals surface area contributed by atoms with Gasteiger partial charge in [0.1, 0.15) is 5.75 Å². The van der Waals surface area contributed by atoms with Gasteiger partial charge in [-0.15, -0.1) is 0 Å². The van der Waals surface area contributed by atoms with Crippen LogP contribution in [-0.4, -0.2) is 81.8 Å². The van der Waals surface area contributed by atoms with Crippen LogP contribution in [0.5, 0.6) is 5.75 Å². The Bertz CT molecular complexity index is 2180. The summed E-state index contributed by atoms with van der Waals surface area (Å²) >= 11 is 0. The van der Waals surface area contributed by atoms with Gasteiger partial charge in [0.05, 0.1) is 42.1 Å². The van der Waals surface area contributed by atoms with Crippen molar-refractivity contribution in [1.82, 2.24) is 10.2 Å². The third-order valence-corrected chi connectivity index (χ3v) is 10.8. The number of hydrogen-bond acceptors (Lipinski definition) is 10. The van der Waals surface area contributed by atoms with Crippen molar-refractivity contribution in [3.63, 3.8) is 0 Å². The first-order valence-corrected chi connectivity index (χ1v) is 19.9. The number of fused-ring (bicyclic) bond motifs is 2. The van der Waals surface area contributed by atoms with E-state index >= 15 is 0 Å². The SMILES string of the molecule is CCOc1ccc2c(c1)CC(NCCCCO)C(=O)N2c1cccc(CN2C(=O)[C@](O)([C@H](C)/C=C/CC(=O)N(CCO)Cc3ccccc3)c3cc([N+](=O)[O-])ccc32)c1. The number of nitrogens with one attached hydrogen (secondary N) is 1. The maximum absolute atomic E-state index is 14.5. The molecule has 14 nitrogen and oxygen atoms in total. The molecule has 4 N–H and O–H groups in total. The topological polar surface area (TPSA) is 186 Å². The summed E-state index contributed by atoms with van der Waals surface area (Å²) in [4.78, 5) is 57.7. The normalized spacial score (nSPS) is 17.9. The molecule has 0 saturated carbocycles. The zero-order chi connectivity index (χ0) is 42.1. The summed E-state index contributed by atoms with van der Waals surface area (Å²) in [7, 11) is 0. The zero-order valence-corrected chi connectivity index (χ0v) is 33.3. The second kappa shape index (κ2) is 19.2. The van der Waals surface area contributed by atoms with Gasteiger partial charge in [-0.2, -0.15) is 0 Å². The molecule has 6 rings (SSSR count). The number of carbonyl (C=O) groups is 3. The van der Waals surface area contributed by atoms with Crippen molar-refractivity contribution in [2.24, 2.45) is 5.92 Å². The number of benzene rings is 4. The summed E-state index contributed by atoms with van der Waals surface area (Å²) in [5.41, 5.74) is 1.59. The van der Waals surface area contributed by atoms with Crippen LogP contribution in [0.3, 0.4) is 0 Å². The molecule has 0 bridgehead atoms. The summed E-state index contributed by atoms with van der Waals surface area (Å²) in [6.07, 6.45) is 4.82. The van der Waals surface area contributed by atoms with Crippen molar-refractivity contribution in [1.29, 1.82) is 0 Å². The first-order chi connectivity index (χ1) is 28.5. The minimum absolute atomic E-state index is 0.0225. The van der Waals surface area contributed by atoms with Gasteiger partial charge in [0.25, 0.3) is 11.6 Å². The van der Waals surface area contributed by atoms with Crippen LogP contribution in [-0.2, 0) is 39.5 Å². The fraction of sp³-hybridized carbons (Fsp3) is 0.356. The van der Waals surface area contributed by atoms with Gasteiger partial charge < -0.3 is 35.2 Å². The Balaban J connectivity index is 1.27. The summed E-state index contributed by atoms with van der Waals surface area (Å²) < 4.78 is 5.77. The van der Waals surface area contributed by atoms with Crippen LogP contribution in [0.25, 0.3) is 0 Å². The second-order valence-corrected chi connectivity index (χ2v) is 14.8. The first kappa shape index (κ1) is 42.7. The lowest BCUT2D eigenvalue weighted by atomic mass is 9.82. The lowest BCUT2D eigenvalue weighted by Crippen LogP contribution is -2.49. The number of nitrogens with zero attached hydrogens (tertiary/aromatic N) is 4. The molecular weight excluding hydrogens is 755 g/mol. The molecule has 3 amide bonds. The molecule has 2 aliphatic rings. The number of aliphatic hydroxyl groups excluding tert-OH is 2. The Morgan fingerprint density at radius 2 is 1.76 bits per heavy atom. The summed E-state index contributed by atoms with van der Waals surface area (Å²) in [5.74, 6) is -1.34. The van der Waals surface area contributed by atoms with Gasteiger partial charge >= 0.3 is 0 Å². The predicted octanol–water partition coefficient (Wildman–Crippen LogP) is 5.28. The molecule has 0 saturated heterocycles. The molecule has 1 unspecified atom stereocenters. The van der Waals surface area contributed by atoms with Crippen LogP contribution >= 0.6 is 0 Å². The van der Waals surface area contributed by atoms with Crippen molar-refractivity contribution in [2.45, 2.75) is 64.3 Å². The minimum atomic E-state index is -2.21. The Labute approximate surface area is 343 Å². The van der Waals surface area contributed by atoms with Crippen molar-refractivity contribution >= 4 is 40.5 Å². The number of non-ortho nitro benzene ring substituents is 1. The second-order valence-electron chi connectivity index (χ2n) is 14.8. The first-order valence-electron chi connectivity index (χ1n) is 19.9. The molecule has 4 aromatic rings. The summed E-state index contributed by atoms with van der Waals surface area (Å²) in [5, 5.41) is 46.4. The van der Waals surface area contributed by atoms with Gasteiger partial charge in [-0.1, -0.05) is 61.5 Å². The van der Waals surface area contributed by atoms with Gasteiger partial charge in [0.2, 0.25) is 11.8 Å². The van der Waals surface area contributed by atoms with E-state index in [1.807, 2.05) is 67.6 Å². The summed E-state index contributed by atoms with van der Waals surface area (Å²) in [6.45, 7) is 4.80. The number of rotatable bonds is 19. The van der Waals surface area contributed by atoms with Gasteiger partial charge in [0, 0.05) is 55.4 Å². The maximum atomic E-state index is 14.5. The van der Waals surface area contributed by atoms with E-state index in [4.69, 9.17) is 4.74 Å². The lowest BCUT2D eigenvalue weighted by molar-refractivity contribution is -0.385. The number of hydrogen-bond donors (Lipinski definition) is 4. The molecule has 2 heterocycles. The number of unbranched alkanes of at least 4 members (excludes halogenated alkanes) is 1. The van der Waals surface area contributed by atoms with Crippen LogP contribution in [0.15, 0.2) is 103 Å². The molecule has 4 aromatic carbocycles. The standard InChI is InChI=1S/C45H51N5O9/c1-3-59-37-18-20-40-34(26-37)27-39(46-21-7-8-23-51)43(54)49(40)35-15-10-14-33(25-35)30-48-41-19-17-36(50(57)58)28-38(41)45(56,44(48)55)31(2)11-9-16-42(53)47(22-24-52)29-32-12-5-4-6-13-32/h4-6,9-15,17-20,25-26,28,31,39,46,51-52,56H,3,7-8,16,21-24,27,29-30H2,1-2H3/b11-9+/t31-,39?,45+/m1/s1. The van der Waals surface area contributed by atoms with Crippen molar-refractivity contribution < 1.29 is 39.4 Å². The van der Waals surface area contributed by atoms with E-state index in [0.29, 0.717) is 67.3 Å². The molecular formula is C45H51N5O9. The molecule has 3 atom stereocenters. The maximum Gasteiger partial charge on any atom is 0.269 e.